The van der Waals surface area contributed by atoms with E-state index in [0.717, 1.165) is 25.1 Å². The number of aryl methyl sites for hydroxylation is 1. The summed E-state index contributed by atoms with van der Waals surface area (Å²) in [5.41, 5.74) is 1.35. The first-order chi connectivity index (χ1) is 8.80. The van der Waals surface area contributed by atoms with E-state index in [1.54, 1.807) is 0 Å². The molecule has 0 aliphatic rings. The zero-order valence-corrected chi connectivity index (χ0v) is 11.5. The number of benzene rings is 1. The molecule has 0 aliphatic heterocycles. The standard InChI is InChI=1S/C15H25NO2/c1-3-5-13-6-8-15(9-7-13)18-11-10-14(12-17)16-4-2/h6-9,14,16-17H,3-5,10-12H2,1-2H3. The average molecular weight is 251 g/mol. The second-order valence-corrected chi connectivity index (χ2v) is 4.47. The Labute approximate surface area is 110 Å². The van der Waals surface area contributed by atoms with Gasteiger partial charge in [-0.25, -0.2) is 0 Å². The quantitative estimate of drug-likeness (QED) is 0.708. The molecule has 1 rings (SSSR count). The smallest absolute Gasteiger partial charge is 0.119 e. The minimum absolute atomic E-state index is 0.134. The summed E-state index contributed by atoms with van der Waals surface area (Å²) in [6.45, 7) is 5.88. The first-order valence-corrected chi connectivity index (χ1v) is 6.86. The fourth-order valence-corrected chi connectivity index (χ4v) is 1.91. The highest BCUT2D eigenvalue weighted by Gasteiger charge is 2.05. The maximum Gasteiger partial charge on any atom is 0.119 e. The van der Waals surface area contributed by atoms with E-state index in [0.29, 0.717) is 6.61 Å². The lowest BCUT2D eigenvalue weighted by atomic mass is 10.1. The highest BCUT2D eigenvalue weighted by Crippen LogP contribution is 2.13. The van der Waals surface area contributed by atoms with Crippen molar-refractivity contribution in [1.82, 2.24) is 5.32 Å². The van der Waals surface area contributed by atoms with Gasteiger partial charge < -0.3 is 15.2 Å². The Kier molecular flexibility index (Phi) is 7.46. The van der Waals surface area contributed by atoms with Gasteiger partial charge in [-0.2, -0.15) is 0 Å². The molecular formula is C15H25NO2. The SMILES string of the molecule is CCCc1ccc(OCCC(CO)NCC)cc1. The molecule has 0 aliphatic carbocycles. The number of likely N-dealkylation sites (N-methyl/N-ethyl adjacent to an activating group) is 1. The second kappa shape index (κ2) is 8.95. The van der Waals surface area contributed by atoms with Crippen LogP contribution in [0.15, 0.2) is 24.3 Å². The molecule has 0 amide bonds. The highest BCUT2D eigenvalue weighted by molar-refractivity contribution is 5.27. The molecule has 102 valence electrons. The molecule has 1 aromatic rings. The van der Waals surface area contributed by atoms with Crippen molar-refractivity contribution in [3.63, 3.8) is 0 Å². The van der Waals surface area contributed by atoms with E-state index < -0.39 is 0 Å². The fourth-order valence-electron chi connectivity index (χ4n) is 1.91. The van der Waals surface area contributed by atoms with Gasteiger partial charge in [-0.05, 0) is 37.1 Å². The van der Waals surface area contributed by atoms with Crippen LogP contribution < -0.4 is 10.1 Å². The highest BCUT2D eigenvalue weighted by atomic mass is 16.5. The van der Waals surface area contributed by atoms with Crippen LogP contribution in [-0.4, -0.2) is 30.9 Å². The van der Waals surface area contributed by atoms with Gasteiger partial charge >= 0.3 is 0 Å². The van der Waals surface area contributed by atoms with Crippen molar-refractivity contribution in [2.45, 2.75) is 39.2 Å². The van der Waals surface area contributed by atoms with Crippen LogP contribution in [0.25, 0.3) is 0 Å². The molecule has 1 atom stereocenters. The van der Waals surface area contributed by atoms with E-state index in [1.807, 2.05) is 19.1 Å². The molecule has 18 heavy (non-hydrogen) atoms. The maximum absolute atomic E-state index is 9.13. The van der Waals surface area contributed by atoms with Crippen molar-refractivity contribution in [3.8, 4) is 5.75 Å². The van der Waals surface area contributed by atoms with Gasteiger partial charge in [-0.15, -0.1) is 0 Å². The zero-order valence-electron chi connectivity index (χ0n) is 11.5. The van der Waals surface area contributed by atoms with E-state index in [-0.39, 0.29) is 12.6 Å². The van der Waals surface area contributed by atoms with Crippen molar-refractivity contribution >= 4 is 0 Å². The third-order valence-electron chi connectivity index (χ3n) is 2.91. The molecule has 0 bridgehead atoms. The predicted octanol–water partition coefficient (Wildman–Crippen LogP) is 2.38. The lowest BCUT2D eigenvalue weighted by Crippen LogP contribution is -2.33. The number of hydrogen-bond acceptors (Lipinski definition) is 3. The summed E-state index contributed by atoms with van der Waals surface area (Å²) in [6, 6.07) is 8.41. The molecule has 0 saturated carbocycles. The molecule has 1 unspecified atom stereocenters. The number of rotatable bonds is 9. The molecule has 3 heteroatoms. The van der Waals surface area contributed by atoms with Crippen molar-refractivity contribution in [3.05, 3.63) is 29.8 Å². The Hall–Kier alpha value is -1.06. The molecule has 0 saturated heterocycles. The van der Waals surface area contributed by atoms with E-state index in [2.05, 4.69) is 24.4 Å². The monoisotopic (exact) mass is 251 g/mol. The first kappa shape index (κ1) is 15.0. The van der Waals surface area contributed by atoms with E-state index >= 15 is 0 Å². The lowest BCUT2D eigenvalue weighted by Gasteiger charge is -2.15. The number of aliphatic hydroxyl groups is 1. The molecule has 0 heterocycles. The molecule has 1 aromatic carbocycles. The van der Waals surface area contributed by atoms with Gasteiger partial charge in [0.15, 0.2) is 0 Å². The topological polar surface area (TPSA) is 41.5 Å². The summed E-state index contributed by atoms with van der Waals surface area (Å²) in [5.74, 6) is 0.906. The largest absolute Gasteiger partial charge is 0.494 e. The molecule has 2 N–H and O–H groups in total. The van der Waals surface area contributed by atoms with Gasteiger partial charge in [0.2, 0.25) is 0 Å². The Morgan fingerprint density at radius 2 is 1.94 bits per heavy atom. The Morgan fingerprint density at radius 3 is 2.50 bits per heavy atom. The third kappa shape index (κ3) is 5.52. The van der Waals surface area contributed by atoms with Gasteiger partial charge in [0, 0.05) is 6.04 Å². The number of ether oxygens (including phenoxy) is 1. The van der Waals surface area contributed by atoms with Crippen LogP contribution in [-0.2, 0) is 6.42 Å². The minimum Gasteiger partial charge on any atom is -0.494 e. The van der Waals surface area contributed by atoms with Gasteiger partial charge in [0.25, 0.3) is 0 Å². The summed E-state index contributed by atoms with van der Waals surface area (Å²) < 4.78 is 5.67. The van der Waals surface area contributed by atoms with Crippen LogP contribution in [0.3, 0.4) is 0 Å². The van der Waals surface area contributed by atoms with Crippen LogP contribution >= 0.6 is 0 Å². The van der Waals surface area contributed by atoms with E-state index in [1.165, 1.54) is 12.0 Å². The summed E-state index contributed by atoms with van der Waals surface area (Å²) >= 11 is 0. The number of hydrogen-bond donors (Lipinski definition) is 2. The van der Waals surface area contributed by atoms with E-state index in [4.69, 9.17) is 9.84 Å². The van der Waals surface area contributed by atoms with E-state index in [9.17, 15) is 0 Å². The normalized spacial score (nSPS) is 12.4. The number of aliphatic hydroxyl groups excluding tert-OH is 1. The Morgan fingerprint density at radius 1 is 1.22 bits per heavy atom. The Bertz CT molecular complexity index is 311. The number of nitrogens with one attached hydrogen (secondary N) is 1. The molecule has 0 aromatic heterocycles. The van der Waals surface area contributed by atoms with Crippen molar-refractivity contribution in [1.29, 1.82) is 0 Å². The summed E-state index contributed by atoms with van der Waals surface area (Å²) in [6.07, 6.45) is 3.11. The second-order valence-electron chi connectivity index (χ2n) is 4.47. The average Bonchev–Trinajstić information content (AvgIpc) is 2.40. The van der Waals surface area contributed by atoms with Gasteiger partial charge in [0.05, 0.1) is 13.2 Å². The van der Waals surface area contributed by atoms with Crippen LogP contribution in [0.2, 0.25) is 0 Å². The Balaban J connectivity index is 2.30. The van der Waals surface area contributed by atoms with Crippen LogP contribution in [0.4, 0.5) is 0 Å². The van der Waals surface area contributed by atoms with Crippen LogP contribution in [0.5, 0.6) is 5.75 Å². The van der Waals surface area contributed by atoms with Gasteiger partial charge in [0.1, 0.15) is 5.75 Å². The fraction of sp³-hybridized carbons (Fsp3) is 0.600. The molecule has 0 fully saturated rings. The maximum atomic E-state index is 9.13. The first-order valence-electron chi connectivity index (χ1n) is 6.86. The third-order valence-corrected chi connectivity index (χ3v) is 2.91. The summed E-state index contributed by atoms with van der Waals surface area (Å²) in [5, 5.41) is 12.3. The predicted molar refractivity (Wildman–Crippen MR) is 75.1 cm³/mol. The molecule has 3 nitrogen and oxygen atoms in total. The van der Waals surface area contributed by atoms with Gasteiger partial charge in [-0.1, -0.05) is 32.4 Å². The molecule has 0 spiro atoms. The lowest BCUT2D eigenvalue weighted by molar-refractivity contribution is 0.210. The summed E-state index contributed by atoms with van der Waals surface area (Å²) in [7, 11) is 0. The van der Waals surface area contributed by atoms with Crippen molar-refractivity contribution in [2.75, 3.05) is 19.8 Å². The minimum atomic E-state index is 0.134. The van der Waals surface area contributed by atoms with Gasteiger partial charge in [-0.3, -0.25) is 0 Å². The van der Waals surface area contributed by atoms with Crippen molar-refractivity contribution in [2.24, 2.45) is 0 Å². The summed E-state index contributed by atoms with van der Waals surface area (Å²) in [4.78, 5) is 0. The van der Waals surface area contributed by atoms with Crippen LogP contribution in [0, 0.1) is 0 Å². The molecular weight excluding hydrogens is 226 g/mol. The zero-order chi connectivity index (χ0) is 13.2. The van der Waals surface area contributed by atoms with Crippen LogP contribution in [0.1, 0.15) is 32.3 Å². The molecule has 0 radical (unpaired) electrons. The van der Waals surface area contributed by atoms with Crippen molar-refractivity contribution < 1.29 is 9.84 Å².